The van der Waals surface area contributed by atoms with Gasteiger partial charge in [0.05, 0.1) is 0 Å². The fourth-order valence-electron chi connectivity index (χ4n) is 2.79. The molecule has 5 nitrogen and oxygen atoms in total. The number of nitrogens with one attached hydrogen (secondary N) is 1. The highest BCUT2D eigenvalue weighted by Gasteiger charge is 2.28. The topological polar surface area (TPSA) is 81.2 Å². The Hall–Kier alpha value is -1.37. The summed E-state index contributed by atoms with van der Waals surface area (Å²) in [6, 6.07) is 3.94. The van der Waals surface area contributed by atoms with Gasteiger partial charge < -0.3 is 15.5 Å². The highest BCUT2D eigenvalue weighted by Crippen LogP contribution is 2.27. The minimum Gasteiger partial charge on any atom is -0.459 e. The molecule has 3 rings (SSSR count). The van der Waals surface area contributed by atoms with E-state index in [9.17, 15) is 4.79 Å². The van der Waals surface area contributed by atoms with Crippen molar-refractivity contribution in [1.82, 2.24) is 10.3 Å². The highest BCUT2D eigenvalue weighted by molar-refractivity contribution is 7.13. The van der Waals surface area contributed by atoms with Crippen LogP contribution in [-0.2, 0) is 0 Å². The molecule has 2 aromatic rings. The van der Waals surface area contributed by atoms with Crippen LogP contribution in [0.4, 0.5) is 0 Å². The van der Waals surface area contributed by atoms with Crippen LogP contribution in [0.15, 0.2) is 21.9 Å². The van der Waals surface area contributed by atoms with Crippen molar-refractivity contribution in [3.05, 3.63) is 29.0 Å². The molecule has 0 bridgehead atoms. The quantitative estimate of drug-likeness (QED) is 0.895. The third-order valence-electron chi connectivity index (χ3n) is 3.97. The van der Waals surface area contributed by atoms with Gasteiger partial charge in [0.15, 0.2) is 10.8 Å². The van der Waals surface area contributed by atoms with Crippen molar-refractivity contribution in [1.29, 1.82) is 0 Å². The first-order valence-corrected chi connectivity index (χ1v) is 8.08. The van der Waals surface area contributed by atoms with Crippen LogP contribution < -0.4 is 11.1 Å². The second kappa shape index (κ2) is 7.26. The van der Waals surface area contributed by atoms with E-state index in [2.05, 4.69) is 10.3 Å². The number of aromatic nitrogens is 1. The average Bonchev–Trinajstić information content (AvgIpc) is 3.17. The van der Waals surface area contributed by atoms with Crippen molar-refractivity contribution in [3.8, 4) is 10.8 Å². The molecule has 0 radical (unpaired) electrons. The molecule has 1 aliphatic carbocycles. The van der Waals surface area contributed by atoms with Gasteiger partial charge in [-0.15, -0.1) is 23.7 Å². The first kappa shape index (κ1) is 17.0. The summed E-state index contributed by atoms with van der Waals surface area (Å²) in [6.07, 6.45) is 3.22. The number of furan rings is 1. The molecule has 1 saturated carbocycles. The number of carbonyl (C=O) groups excluding carboxylic acids is 1. The van der Waals surface area contributed by atoms with Gasteiger partial charge in [-0.05, 0) is 44.4 Å². The van der Waals surface area contributed by atoms with Crippen LogP contribution >= 0.6 is 23.7 Å². The molecule has 7 heteroatoms. The Bertz CT molecular complexity index is 640. The Morgan fingerprint density at radius 3 is 3.00 bits per heavy atom. The predicted molar refractivity (Wildman–Crippen MR) is 89.5 cm³/mol. The molecule has 1 fully saturated rings. The largest absolute Gasteiger partial charge is 0.459 e. The second-order valence-corrected chi connectivity index (χ2v) is 6.31. The lowest BCUT2D eigenvalue weighted by molar-refractivity contribution is 0.0924. The van der Waals surface area contributed by atoms with Crippen LogP contribution in [0.3, 0.4) is 0 Å². The molecular weight excluding hydrogens is 322 g/mol. The fourth-order valence-corrected chi connectivity index (χ4v) is 3.55. The molecule has 2 atom stereocenters. The Morgan fingerprint density at radius 1 is 1.50 bits per heavy atom. The van der Waals surface area contributed by atoms with Crippen molar-refractivity contribution >= 4 is 29.7 Å². The Kier molecular flexibility index (Phi) is 5.61. The SMILES string of the molecule is Cc1ccc(-c2nc(C(=O)NC3CCCC3CN)cs2)o1.Cl. The second-order valence-electron chi connectivity index (χ2n) is 5.45. The molecule has 2 aromatic heterocycles. The molecule has 1 aliphatic rings. The Balaban J connectivity index is 0.00000176. The Labute approximate surface area is 139 Å². The van der Waals surface area contributed by atoms with Crippen molar-refractivity contribution in [2.75, 3.05) is 6.54 Å². The minimum absolute atomic E-state index is 0. The lowest BCUT2D eigenvalue weighted by Crippen LogP contribution is -2.40. The number of hydrogen-bond donors (Lipinski definition) is 2. The number of nitrogens with zero attached hydrogens (tertiary/aromatic N) is 1. The fraction of sp³-hybridized carbons (Fsp3) is 0.467. The third kappa shape index (κ3) is 3.51. The minimum atomic E-state index is -0.119. The Morgan fingerprint density at radius 2 is 2.32 bits per heavy atom. The number of halogens is 1. The van der Waals surface area contributed by atoms with Crippen LogP contribution in [0.5, 0.6) is 0 Å². The molecule has 0 saturated heterocycles. The average molecular weight is 342 g/mol. The van der Waals surface area contributed by atoms with Crippen molar-refractivity contribution in [2.24, 2.45) is 11.7 Å². The summed E-state index contributed by atoms with van der Waals surface area (Å²) >= 11 is 1.42. The number of nitrogens with two attached hydrogens (primary N) is 1. The predicted octanol–water partition coefficient (Wildman–Crippen LogP) is 2.99. The lowest BCUT2D eigenvalue weighted by atomic mass is 10.0. The monoisotopic (exact) mass is 341 g/mol. The summed E-state index contributed by atoms with van der Waals surface area (Å²) in [7, 11) is 0. The number of hydrogen-bond acceptors (Lipinski definition) is 5. The van der Waals surface area contributed by atoms with E-state index in [0.717, 1.165) is 30.0 Å². The van der Waals surface area contributed by atoms with E-state index < -0.39 is 0 Å². The molecule has 1 amide bonds. The van der Waals surface area contributed by atoms with Crippen LogP contribution in [0.2, 0.25) is 0 Å². The number of aryl methyl sites for hydroxylation is 1. The number of amides is 1. The molecule has 2 heterocycles. The number of thiazole rings is 1. The molecule has 0 spiro atoms. The zero-order valence-corrected chi connectivity index (χ0v) is 14.0. The van der Waals surface area contributed by atoms with Gasteiger partial charge in [0.1, 0.15) is 11.5 Å². The highest BCUT2D eigenvalue weighted by atomic mass is 35.5. The van der Waals surface area contributed by atoms with Gasteiger partial charge in [0.25, 0.3) is 5.91 Å². The first-order valence-electron chi connectivity index (χ1n) is 7.20. The molecule has 3 N–H and O–H groups in total. The van der Waals surface area contributed by atoms with E-state index in [4.69, 9.17) is 10.2 Å². The zero-order chi connectivity index (χ0) is 14.8. The standard InChI is InChI=1S/C15H19N3O2S.ClH/c1-9-5-6-13(20-9)15-18-12(8-21-15)14(19)17-11-4-2-3-10(11)7-16;/h5-6,8,10-11H,2-4,7,16H2,1H3,(H,17,19);1H. The number of rotatable bonds is 4. The normalized spacial score (nSPS) is 20.6. The third-order valence-corrected chi connectivity index (χ3v) is 4.82. The molecule has 0 aliphatic heterocycles. The summed E-state index contributed by atoms with van der Waals surface area (Å²) in [5.74, 6) is 1.81. The van der Waals surface area contributed by atoms with E-state index in [0.29, 0.717) is 23.9 Å². The van der Waals surface area contributed by atoms with Gasteiger partial charge in [-0.2, -0.15) is 0 Å². The maximum Gasteiger partial charge on any atom is 0.271 e. The van der Waals surface area contributed by atoms with Crippen LogP contribution in [0.1, 0.15) is 35.5 Å². The van der Waals surface area contributed by atoms with Gasteiger partial charge in [0, 0.05) is 11.4 Å². The lowest BCUT2D eigenvalue weighted by Gasteiger charge is -2.18. The summed E-state index contributed by atoms with van der Waals surface area (Å²) in [5, 5.41) is 5.57. The van der Waals surface area contributed by atoms with Gasteiger partial charge in [-0.25, -0.2) is 4.98 Å². The molecular formula is C15H20ClN3O2S. The maximum atomic E-state index is 12.3. The van der Waals surface area contributed by atoms with E-state index in [-0.39, 0.29) is 24.4 Å². The molecule has 2 unspecified atom stereocenters. The maximum absolute atomic E-state index is 12.3. The van der Waals surface area contributed by atoms with Crippen LogP contribution in [0, 0.1) is 12.8 Å². The summed E-state index contributed by atoms with van der Waals surface area (Å²) in [4.78, 5) is 16.6. The van der Waals surface area contributed by atoms with Gasteiger partial charge in [-0.3, -0.25) is 4.79 Å². The van der Waals surface area contributed by atoms with E-state index in [1.165, 1.54) is 11.3 Å². The van der Waals surface area contributed by atoms with Crippen molar-refractivity contribution in [2.45, 2.75) is 32.2 Å². The van der Waals surface area contributed by atoms with E-state index in [1.54, 1.807) is 5.38 Å². The van der Waals surface area contributed by atoms with Gasteiger partial charge >= 0.3 is 0 Å². The van der Waals surface area contributed by atoms with E-state index >= 15 is 0 Å². The van der Waals surface area contributed by atoms with Gasteiger partial charge in [0.2, 0.25) is 0 Å². The van der Waals surface area contributed by atoms with Crippen LogP contribution in [0.25, 0.3) is 10.8 Å². The van der Waals surface area contributed by atoms with E-state index in [1.807, 2.05) is 19.1 Å². The van der Waals surface area contributed by atoms with Crippen LogP contribution in [-0.4, -0.2) is 23.5 Å². The smallest absolute Gasteiger partial charge is 0.271 e. The first-order chi connectivity index (χ1) is 10.2. The van der Waals surface area contributed by atoms with Crippen molar-refractivity contribution < 1.29 is 9.21 Å². The molecule has 0 aromatic carbocycles. The molecule has 22 heavy (non-hydrogen) atoms. The summed E-state index contributed by atoms with van der Waals surface area (Å²) in [5.41, 5.74) is 6.19. The zero-order valence-electron chi connectivity index (χ0n) is 12.4. The summed E-state index contributed by atoms with van der Waals surface area (Å²) in [6.45, 7) is 2.51. The summed E-state index contributed by atoms with van der Waals surface area (Å²) < 4.78 is 5.53. The van der Waals surface area contributed by atoms with Crippen molar-refractivity contribution in [3.63, 3.8) is 0 Å². The van der Waals surface area contributed by atoms with Gasteiger partial charge in [-0.1, -0.05) is 6.42 Å². The number of carbonyl (C=O) groups is 1. The molecule has 120 valence electrons.